The van der Waals surface area contributed by atoms with Gasteiger partial charge in [-0.25, -0.2) is 4.79 Å². The van der Waals surface area contributed by atoms with E-state index in [4.69, 9.17) is 4.74 Å². The first kappa shape index (κ1) is 9.83. The Morgan fingerprint density at radius 1 is 1.60 bits per heavy atom. The first-order chi connectivity index (χ1) is 7.20. The molecule has 1 aliphatic heterocycles. The van der Waals surface area contributed by atoms with Crippen LogP contribution in [0.5, 0.6) is 5.75 Å². The SMILES string of the molecule is COC(=O)c1ccc2c(c1)NC[C@@H](C)O2. The van der Waals surface area contributed by atoms with E-state index in [1.807, 2.05) is 6.92 Å². The van der Waals surface area contributed by atoms with Gasteiger partial charge in [-0.2, -0.15) is 0 Å². The van der Waals surface area contributed by atoms with Crippen LogP contribution >= 0.6 is 0 Å². The second kappa shape index (κ2) is 3.81. The van der Waals surface area contributed by atoms with Crippen LogP contribution in [0, 0.1) is 0 Å². The van der Waals surface area contributed by atoms with Crippen molar-refractivity contribution < 1.29 is 14.3 Å². The minimum absolute atomic E-state index is 0.154. The summed E-state index contributed by atoms with van der Waals surface area (Å²) in [5, 5.41) is 3.20. The van der Waals surface area contributed by atoms with Crippen molar-refractivity contribution in [2.24, 2.45) is 0 Å². The van der Waals surface area contributed by atoms with Crippen molar-refractivity contribution in [3.63, 3.8) is 0 Å². The van der Waals surface area contributed by atoms with Gasteiger partial charge in [-0.3, -0.25) is 0 Å². The predicted octanol–water partition coefficient (Wildman–Crippen LogP) is 1.67. The molecule has 4 heteroatoms. The number of anilines is 1. The van der Waals surface area contributed by atoms with Crippen molar-refractivity contribution in [2.75, 3.05) is 19.0 Å². The van der Waals surface area contributed by atoms with Gasteiger partial charge in [0.25, 0.3) is 0 Å². The molecule has 0 spiro atoms. The molecule has 1 aliphatic rings. The van der Waals surface area contributed by atoms with Crippen molar-refractivity contribution in [1.29, 1.82) is 0 Å². The average molecular weight is 207 g/mol. The Morgan fingerprint density at radius 3 is 3.13 bits per heavy atom. The van der Waals surface area contributed by atoms with Gasteiger partial charge in [0.05, 0.1) is 24.9 Å². The zero-order valence-corrected chi connectivity index (χ0v) is 8.74. The number of rotatable bonds is 1. The minimum atomic E-state index is -0.335. The number of fused-ring (bicyclic) bond motifs is 1. The van der Waals surface area contributed by atoms with Gasteiger partial charge < -0.3 is 14.8 Å². The van der Waals surface area contributed by atoms with E-state index >= 15 is 0 Å². The third-order valence-corrected chi connectivity index (χ3v) is 2.31. The van der Waals surface area contributed by atoms with Gasteiger partial charge in [-0.05, 0) is 25.1 Å². The van der Waals surface area contributed by atoms with Gasteiger partial charge in [0.1, 0.15) is 11.9 Å². The van der Waals surface area contributed by atoms with Crippen molar-refractivity contribution in [3.8, 4) is 5.75 Å². The van der Waals surface area contributed by atoms with Crippen molar-refractivity contribution in [1.82, 2.24) is 0 Å². The topological polar surface area (TPSA) is 47.6 Å². The number of hydrogen-bond acceptors (Lipinski definition) is 4. The fourth-order valence-corrected chi connectivity index (χ4v) is 1.53. The van der Waals surface area contributed by atoms with E-state index in [1.54, 1.807) is 18.2 Å². The Balaban J connectivity index is 2.30. The van der Waals surface area contributed by atoms with Crippen LogP contribution in [-0.4, -0.2) is 25.7 Å². The summed E-state index contributed by atoms with van der Waals surface area (Å²) in [6.07, 6.45) is 0.154. The highest BCUT2D eigenvalue weighted by Crippen LogP contribution is 2.29. The molecule has 0 aromatic heterocycles. The number of hydrogen-bond donors (Lipinski definition) is 1. The Kier molecular flexibility index (Phi) is 2.49. The lowest BCUT2D eigenvalue weighted by Crippen LogP contribution is -2.27. The van der Waals surface area contributed by atoms with Crippen LogP contribution in [0.3, 0.4) is 0 Å². The molecule has 0 aliphatic carbocycles. The molecule has 1 atom stereocenters. The lowest BCUT2D eigenvalue weighted by molar-refractivity contribution is 0.0600. The lowest BCUT2D eigenvalue weighted by atomic mass is 10.1. The van der Waals surface area contributed by atoms with E-state index in [-0.39, 0.29) is 12.1 Å². The minimum Gasteiger partial charge on any atom is -0.487 e. The summed E-state index contributed by atoms with van der Waals surface area (Å²) < 4.78 is 10.2. The summed E-state index contributed by atoms with van der Waals surface area (Å²) in [5.74, 6) is 0.444. The maximum absolute atomic E-state index is 11.3. The molecule has 1 heterocycles. The molecule has 1 aromatic carbocycles. The maximum Gasteiger partial charge on any atom is 0.337 e. The van der Waals surface area contributed by atoms with Gasteiger partial charge in [-0.15, -0.1) is 0 Å². The molecule has 1 N–H and O–H groups in total. The highest BCUT2D eigenvalue weighted by molar-refractivity contribution is 5.91. The predicted molar refractivity (Wildman–Crippen MR) is 56.4 cm³/mol. The highest BCUT2D eigenvalue weighted by atomic mass is 16.5. The monoisotopic (exact) mass is 207 g/mol. The maximum atomic E-state index is 11.3. The van der Waals surface area contributed by atoms with Crippen LogP contribution in [0.2, 0.25) is 0 Å². The molecule has 0 amide bonds. The number of carbonyl (C=O) groups is 1. The van der Waals surface area contributed by atoms with Crippen LogP contribution in [-0.2, 0) is 4.74 Å². The number of ether oxygens (including phenoxy) is 2. The van der Waals surface area contributed by atoms with Crippen molar-refractivity contribution >= 4 is 11.7 Å². The van der Waals surface area contributed by atoms with Gasteiger partial charge in [-0.1, -0.05) is 0 Å². The molecule has 0 unspecified atom stereocenters. The second-order valence-electron chi connectivity index (χ2n) is 3.51. The second-order valence-corrected chi connectivity index (χ2v) is 3.51. The molecule has 15 heavy (non-hydrogen) atoms. The third kappa shape index (κ3) is 1.88. The number of nitrogens with one attached hydrogen (secondary N) is 1. The smallest absolute Gasteiger partial charge is 0.337 e. The summed E-state index contributed by atoms with van der Waals surface area (Å²) in [5.41, 5.74) is 1.37. The van der Waals surface area contributed by atoms with E-state index in [2.05, 4.69) is 10.1 Å². The van der Waals surface area contributed by atoms with Gasteiger partial charge in [0.2, 0.25) is 0 Å². The molecular weight excluding hydrogens is 194 g/mol. The van der Waals surface area contributed by atoms with Crippen LogP contribution in [0.25, 0.3) is 0 Å². The summed E-state index contributed by atoms with van der Waals surface area (Å²) in [7, 11) is 1.37. The van der Waals surface area contributed by atoms with Crippen LogP contribution in [0.15, 0.2) is 18.2 Å². The fourth-order valence-electron chi connectivity index (χ4n) is 1.53. The van der Waals surface area contributed by atoms with E-state index in [1.165, 1.54) is 7.11 Å². The normalized spacial score (nSPS) is 18.4. The van der Waals surface area contributed by atoms with E-state index in [9.17, 15) is 4.79 Å². The first-order valence-corrected chi connectivity index (χ1v) is 4.83. The molecular formula is C11H13NO3. The average Bonchev–Trinajstić information content (AvgIpc) is 2.27. The molecule has 0 saturated heterocycles. The number of methoxy groups -OCH3 is 1. The quantitative estimate of drug-likeness (QED) is 0.711. The first-order valence-electron chi connectivity index (χ1n) is 4.83. The van der Waals surface area contributed by atoms with Crippen LogP contribution in [0.4, 0.5) is 5.69 Å². The molecule has 0 fully saturated rings. The standard InChI is InChI=1S/C11H13NO3/c1-7-6-12-9-5-8(11(13)14-2)3-4-10(9)15-7/h3-5,7,12H,6H2,1-2H3/t7-/m1/s1. The highest BCUT2D eigenvalue weighted by Gasteiger charge is 2.17. The molecule has 2 rings (SSSR count). The molecule has 80 valence electrons. The number of esters is 1. The summed E-state index contributed by atoms with van der Waals surface area (Å²) in [6.45, 7) is 2.74. The summed E-state index contributed by atoms with van der Waals surface area (Å²) in [6, 6.07) is 5.22. The van der Waals surface area contributed by atoms with Crippen molar-refractivity contribution in [3.05, 3.63) is 23.8 Å². The Hall–Kier alpha value is -1.71. The van der Waals surface area contributed by atoms with E-state index in [0.717, 1.165) is 18.0 Å². The van der Waals surface area contributed by atoms with Crippen LogP contribution < -0.4 is 10.1 Å². The third-order valence-electron chi connectivity index (χ3n) is 2.31. The fraction of sp³-hybridized carbons (Fsp3) is 0.364. The summed E-state index contributed by atoms with van der Waals surface area (Å²) >= 11 is 0. The van der Waals surface area contributed by atoms with Crippen LogP contribution in [0.1, 0.15) is 17.3 Å². The van der Waals surface area contributed by atoms with Gasteiger partial charge in [0, 0.05) is 0 Å². The van der Waals surface area contributed by atoms with E-state index in [0.29, 0.717) is 5.56 Å². The largest absolute Gasteiger partial charge is 0.487 e. The molecule has 4 nitrogen and oxygen atoms in total. The van der Waals surface area contributed by atoms with Crippen molar-refractivity contribution in [2.45, 2.75) is 13.0 Å². The Labute approximate surface area is 88.2 Å². The zero-order valence-electron chi connectivity index (χ0n) is 8.74. The van der Waals surface area contributed by atoms with E-state index < -0.39 is 0 Å². The molecule has 1 aromatic rings. The molecule has 0 radical (unpaired) electrons. The Morgan fingerprint density at radius 2 is 2.40 bits per heavy atom. The molecule has 0 saturated carbocycles. The number of benzene rings is 1. The molecule has 0 bridgehead atoms. The summed E-state index contributed by atoms with van der Waals surface area (Å²) in [4.78, 5) is 11.3. The zero-order chi connectivity index (χ0) is 10.8. The lowest BCUT2D eigenvalue weighted by Gasteiger charge is -2.24. The van der Waals surface area contributed by atoms with Gasteiger partial charge in [0.15, 0.2) is 0 Å². The Bertz CT molecular complexity index is 389. The number of carbonyl (C=O) groups excluding carboxylic acids is 1. The van der Waals surface area contributed by atoms with Gasteiger partial charge >= 0.3 is 5.97 Å².